The van der Waals surface area contributed by atoms with Gasteiger partial charge >= 0.3 is 0 Å². The Kier molecular flexibility index (Phi) is 22.6. The lowest BCUT2D eigenvalue weighted by atomic mass is 10.1. The SMILES string of the molecule is CC(C)/C=C\C(=O)C(C)C.CC(C)/C=C\C(O)C(C)C.CC(C)C=CCC(C)C. The number of carbonyl (C=O) groups is 1. The molecule has 0 aromatic carbocycles. The molecule has 172 valence electrons. The largest absolute Gasteiger partial charge is 0.389 e. The second kappa shape index (κ2) is 20.1. The van der Waals surface area contributed by atoms with Crippen LogP contribution in [-0.2, 0) is 4.79 Å². The number of hydrogen-bond donors (Lipinski definition) is 1. The van der Waals surface area contributed by atoms with E-state index in [9.17, 15) is 9.90 Å². The third kappa shape index (κ3) is 31.8. The molecule has 0 rings (SSSR count). The van der Waals surface area contributed by atoms with Crippen LogP contribution < -0.4 is 0 Å². The Hall–Kier alpha value is -1.15. The first-order valence-corrected chi connectivity index (χ1v) is 11.5. The predicted octanol–water partition coefficient (Wildman–Crippen LogP) is 7.88. The molecule has 0 saturated carbocycles. The molecule has 1 unspecified atom stereocenters. The molecule has 0 radical (unpaired) electrons. The lowest BCUT2D eigenvalue weighted by molar-refractivity contribution is -0.117. The van der Waals surface area contributed by atoms with Crippen LogP contribution in [-0.4, -0.2) is 17.0 Å². The van der Waals surface area contributed by atoms with E-state index in [1.54, 1.807) is 6.08 Å². The van der Waals surface area contributed by atoms with Crippen molar-refractivity contribution < 1.29 is 9.90 Å². The first-order valence-electron chi connectivity index (χ1n) is 11.5. The maximum absolute atomic E-state index is 11.0. The summed E-state index contributed by atoms with van der Waals surface area (Å²) < 4.78 is 0. The van der Waals surface area contributed by atoms with Crippen molar-refractivity contribution in [3.8, 4) is 0 Å². The summed E-state index contributed by atoms with van der Waals surface area (Å²) in [7, 11) is 0. The fourth-order valence-electron chi connectivity index (χ4n) is 1.66. The van der Waals surface area contributed by atoms with Crippen LogP contribution in [0.15, 0.2) is 36.5 Å². The van der Waals surface area contributed by atoms with Gasteiger partial charge in [-0.15, -0.1) is 0 Å². The number of ketones is 1. The van der Waals surface area contributed by atoms with Gasteiger partial charge in [-0.3, -0.25) is 4.79 Å². The highest BCUT2D eigenvalue weighted by Crippen LogP contribution is 2.04. The van der Waals surface area contributed by atoms with Gasteiger partial charge in [0.05, 0.1) is 6.10 Å². The Bertz CT molecular complexity index is 449. The van der Waals surface area contributed by atoms with Crippen LogP contribution >= 0.6 is 0 Å². The molecule has 1 N–H and O–H groups in total. The molecule has 2 nitrogen and oxygen atoms in total. The van der Waals surface area contributed by atoms with Crippen molar-refractivity contribution in [3.63, 3.8) is 0 Å². The van der Waals surface area contributed by atoms with Gasteiger partial charge in [0, 0.05) is 5.92 Å². The summed E-state index contributed by atoms with van der Waals surface area (Å²) in [6.45, 7) is 25.1. The van der Waals surface area contributed by atoms with Gasteiger partial charge in [-0.2, -0.15) is 0 Å². The van der Waals surface area contributed by atoms with E-state index in [2.05, 4.69) is 67.5 Å². The Labute approximate surface area is 183 Å². The topological polar surface area (TPSA) is 37.3 Å². The molecule has 1 atom stereocenters. The lowest BCUT2D eigenvalue weighted by Gasteiger charge is -2.08. The standard InChI is InChI=1S/C9H18O.C9H16O.C9H18/c2*1-7(2)5-6-9(10)8(3)4;1-8(2)6-5-7-9(3)4/h5-10H,1-4H3;5-8H,1-4H3;5-6,8-9H,7H2,1-4H3/b2*6-5-;. The summed E-state index contributed by atoms with van der Waals surface area (Å²) in [6, 6.07) is 0. The van der Waals surface area contributed by atoms with Crippen LogP contribution in [0.1, 0.15) is 89.5 Å². The van der Waals surface area contributed by atoms with E-state index in [0.717, 1.165) is 5.92 Å². The zero-order valence-electron chi connectivity index (χ0n) is 21.6. The van der Waals surface area contributed by atoms with Crippen LogP contribution in [0.25, 0.3) is 0 Å². The monoisotopic (exact) mass is 408 g/mol. The van der Waals surface area contributed by atoms with E-state index < -0.39 is 0 Å². The minimum atomic E-state index is -0.276. The second-order valence-electron chi connectivity index (χ2n) is 9.83. The van der Waals surface area contributed by atoms with Gasteiger partial charge in [0.25, 0.3) is 0 Å². The fraction of sp³-hybridized carbons (Fsp3) is 0.741. The van der Waals surface area contributed by atoms with E-state index in [1.807, 2.05) is 45.9 Å². The van der Waals surface area contributed by atoms with Crippen LogP contribution in [0.4, 0.5) is 0 Å². The van der Waals surface area contributed by atoms with Gasteiger partial charge in [-0.25, -0.2) is 0 Å². The number of allylic oxidation sites excluding steroid dienone is 5. The van der Waals surface area contributed by atoms with Gasteiger partial charge < -0.3 is 5.11 Å². The van der Waals surface area contributed by atoms with Crippen molar-refractivity contribution in [2.45, 2.75) is 95.6 Å². The number of aliphatic hydroxyl groups is 1. The fourth-order valence-corrected chi connectivity index (χ4v) is 1.66. The molecule has 0 heterocycles. The predicted molar refractivity (Wildman–Crippen MR) is 132 cm³/mol. The molecule has 0 saturated heterocycles. The molecule has 0 amide bonds. The maximum atomic E-state index is 11.0. The number of rotatable bonds is 9. The quantitative estimate of drug-likeness (QED) is 0.311. The number of aliphatic hydroxyl groups excluding tert-OH is 1. The molecule has 0 aliphatic rings. The van der Waals surface area contributed by atoms with Crippen LogP contribution in [0.5, 0.6) is 0 Å². The minimum Gasteiger partial charge on any atom is -0.389 e. The van der Waals surface area contributed by atoms with Crippen molar-refractivity contribution in [3.05, 3.63) is 36.5 Å². The molecule has 0 aromatic rings. The minimum absolute atomic E-state index is 0.134. The van der Waals surface area contributed by atoms with Crippen LogP contribution in [0, 0.1) is 35.5 Å². The first-order chi connectivity index (χ1) is 13.2. The Balaban J connectivity index is -0.000000350. The molecule has 0 aliphatic heterocycles. The normalized spacial score (nSPS) is 13.2. The average Bonchev–Trinajstić information content (AvgIpc) is 2.57. The van der Waals surface area contributed by atoms with Crippen molar-refractivity contribution in [1.29, 1.82) is 0 Å². The van der Waals surface area contributed by atoms with Gasteiger partial charge in [0.15, 0.2) is 5.78 Å². The summed E-state index contributed by atoms with van der Waals surface area (Å²) in [4.78, 5) is 11.0. The molecular formula is C27H52O2. The van der Waals surface area contributed by atoms with Crippen molar-refractivity contribution in [1.82, 2.24) is 0 Å². The van der Waals surface area contributed by atoms with Crippen molar-refractivity contribution >= 4 is 5.78 Å². The molecular weight excluding hydrogens is 356 g/mol. The number of hydrogen-bond acceptors (Lipinski definition) is 2. The average molecular weight is 409 g/mol. The van der Waals surface area contributed by atoms with Crippen LogP contribution in [0.2, 0.25) is 0 Å². The third-order valence-electron chi connectivity index (χ3n) is 3.72. The van der Waals surface area contributed by atoms with E-state index in [-0.39, 0.29) is 17.8 Å². The maximum Gasteiger partial charge on any atom is 0.157 e. The summed E-state index contributed by atoms with van der Waals surface area (Å²) in [5.41, 5.74) is 0. The molecule has 0 bridgehead atoms. The van der Waals surface area contributed by atoms with E-state index >= 15 is 0 Å². The molecule has 0 spiro atoms. The first kappa shape index (κ1) is 32.5. The number of carbonyl (C=O) groups excluding carboxylic acids is 1. The second-order valence-corrected chi connectivity index (χ2v) is 9.83. The molecule has 0 aromatic heterocycles. The zero-order chi connectivity index (χ0) is 23.6. The smallest absolute Gasteiger partial charge is 0.157 e. The van der Waals surface area contributed by atoms with Crippen LogP contribution in [0.3, 0.4) is 0 Å². The van der Waals surface area contributed by atoms with E-state index in [4.69, 9.17) is 0 Å². The summed E-state index contributed by atoms with van der Waals surface area (Å²) >= 11 is 0. The molecule has 0 aliphatic carbocycles. The van der Waals surface area contributed by atoms with E-state index in [0.29, 0.717) is 23.7 Å². The highest BCUT2D eigenvalue weighted by molar-refractivity contribution is 5.91. The molecule has 2 heteroatoms. The van der Waals surface area contributed by atoms with Gasteiger partial charge in [-0.05, 0) is 42.1 Å². The highest BCUT2D eigenvalue weighted by Gasteiger charge is 2.03. The van der Waals surface area contributed by atoms with E-state index in [1.165, 1.54) is 6.42 Å². The van der Waals surface area contributed by atoms with Crippen molar-refractivity contribution in [2.75, 3.05) is 0 Å². The van der Waals surface area contributed by atoms with Crippen molar-refractivity contribution in [2.24, 2.45) is 35.5 Å². The zero-order valence-corrected chi connectivity index (χ0v) is 21.6. The molecule has 29 heavy (non-hydrogen) atoms. The summed E-state index contributed by atoms with van der Waals surface area (Å²) in [6.07, 6.45) is 13.0. The highest BCUT2D eigenvalue weighted by atomic mass is 16.3. The summed E-state index contributed by atoms with van der Waals surface area (Å²) in [5, 5.41) is 9.29. The summed E-state index contributed by atoms with van der Waals surface area (Å²) in [5.74, 6) is 3.21. The lowest BCUT2D eigenvalue weighted by Crippen LogP contribution is -2.10. The Morgan fingerprint density at radius 1 is 0.690 bits per heavy atom. The third-order valence-corrected chi connectivity index (χ3v) is 3.72. The van der Waals surface area contributed by atoms with Gasteiger partial charge in [-0.1, -0.05) is 113 Å². The van der Waals surface area contributed by atoms with Gasteiger partial charge in [0.1, 0.15) is 0 Å². The Morgan fingerprint density at radius 2 is 1.14 bits per heavy atom. The molecule has 0 fully saturated rings. The van der Waals surface area contributed by atoms with Gasteiger partial charge in [0.2, 0.25) is 0 Å². The Morgan fingerprint density at radius 3 is 1.45 bits per heavy atom.